The molecule has 0 N–H and O–H groups in total. The molecule has 0 spiro atoms. The molecule has 132 valence electrons. The molecular weight excluding hydrogens is 356 g/mol. The quantitative estimate of drug-likeness (QED) is 0.519. The third kappa shape index (κ3) is 3.50. The smallest absolute Gasteiger partial charge is 0.346 e. The Morgan fingerprint density at radius 1 is 1.15 bits per heavy atom. The van der Waals surface area contributed by atoms with Crippen LogP contribution in [-0.4, -0.2) is 29.0 Å². The van der Waals surface area contributed by atoms with E-state index in [9.17, 15) is 4.79 Å². The van der Waals surface area contributed by atoms with Crippen LogP contribution in [0.25, 0.3) is 0 Å². The lowest BCUT2D eigenvalue weighted by atomic mass is 10.2. The van der Waals surface area contributed by atoms with Crippen LogP contribution in [0.15, 0.2) is 54.9 Å². The van der Waals surface area contributed by atoms with Gasteiger partial charge in [0.15, 0.2) is 11.5 Å². The Labute approximate surface area is 154 Å². The molecule has 0 fully saturated rings. The van der Waals surface area contributed by atoms with E-state index in [1.807, 2.05) is 24.3 Å². The summed E-state index contributed by atoms with van der Waals surface area (Å²) < 4.78 is 18.0. The molecule has 2 aromatic carbocycles. The van der Waals surface area contributed by atoms with Crippen LogP contribution in [0.5, 0.6) is 17.2 Å². The molecule has 0 saturated carbocycles. The van der Waals surface area contributed by atoms with Gasteiger partial charge in [-0.3, -0.25) is 4.68 Å². The number of hydrogen-bond acceptors (Lipinski definition) is 5. The maximum absolute atomic E-state index is 12.3. The first kappa shape index (κ1) is 16.5. The summed E-state index contributed by atoms with van der Waals surface area (Å²) in [7, 11) is 0. The summed E-state index contributed by atoms with van der Waals surface area (Å²) in [5, 5.41) is 4.85. The zero-order valence-electron chi connectivity index (χ0n) is 13.7. The van der Waals surface area contributed by atoms with Crippen molar-refractivity contribution in [3.8, 4) is 17.2 Å². The highest BCUT2D eigenvalue weighted by Crippen LogP contribution is 2.33. The third-order valence-corrected chi connectivity index (χ3v) is 4.25. The van der Waals surface area contributed by atoms with Crippen LogP contribution in [0.3, 0.4) is 0 Å². The highest BCUT2D eigenvalue weighted by atomic mass is 35.5. The Kier molecular flexibility index (Phi) is 4.50. The topological polar surface area (TPSA) is 62.6 Å². The number of fused-ring (bicyclic) bond motifs is 1. The van der Waals surface area contributed by atoms with Crippen LogP contribution >= 0.6 is 11.6 Å². The van der Waals surface area contributed by atoms with Gasteiger partial charge in [0.25, 0.3) is 0 Å². The van der Waals surface area contributed by atoms with Crippen molar-refractivity contribution in [2.75, 3.05) is 13.2 Å². The van der Waals surface area contributed by atoms with Crippen LogP contribution in [0.2, 0.25) is 5.02 Å². The van der Waals surface area contributed by atoms with E-state index < -0.39 is 5.97 Å². The third-order valence-electron chi connectivity index (χ3n) is 3.88. The fourth-order valence-corrected chi connectivity index (χ4v) is 2.81. The first-order chi connectivity index (χ1) is 12.7. The second-order valence-electron chi connectivity index (χ2n) is 5.71. The zero-order valence-corrected chi connectivity index (χ0v) is 14.5. The number of carbonyl (C=O) groups is 1. The van der Waals surface area contributed by atoms with Crippen molar-refractivity contribution in [2.45, 2.75) is 6.54 Å². The van der Waals surface area contributed by atoms with E-state index in [2.05, 4.69) is 5.10 Å². The van der Waals surface area contributed by atoms with Gasteiger partial charge in [-0.15, -0.1) is 0 Å². The lowest BCUT2D eigenvalue weighted by Crippen LogP contribution is -2.15. The van der Waals surface area contributed by atoms with Crippen molar-refractivity contribution in [3.05, 3.63) is 71.0 Å². The molecule has 4 rings (SSSR count). The Hall–Kier alpha value is -2.99. The molecule has 0 radical (unpaired) electrons. The minimum atomic E-state index is -0.493. The molecule has 7 heteroatoms. The Morgan fingerprint density at radius 3 is 2.81 bits per heavy atom. The number of hydrogen-bond donors (Lipinski definition) is 0. The molecule has 0 bridgehead atoms. The van der Waals surface area contributed by atoms with Crippen molar-refractivity contribution < 1.29 is 19.0 Å². The number of aromatic nitrogens is 2. The first-order valence-corrected chi connectivity index (χ1v) is 8.44. The highest BCUT2D eigenvalue weighted by Gasteiger charge is 2.16. The summed E-state index contributed by atoms with van der Waals surface area (Å²) in [6.45, 7) is 1.45. The van der Waals surface area contributed by atoms with Gasteiger partial charge in [-0.2, -0.15) is 5.10 Å². The SMILES string of the molecule is O=C(Oc1ccc2c(c1)OCCO2)c1cnn(Cc2ccccc2Cl)c1. The lowest BCUT2D eigenvalue weighted by Gasteiger charge is -2.18. The molecule has 1 aliphatic heterocycles. The van der Waals surface area contributed by atoms with E-state index in [0.717, 1.165) is 5.56 Å². The molecule has 1 aliphatic rings. The van der Waals surface area contributed by atoms with Crippen molar-refractivity contribution in [2.24, 2.45) is 0 Å². The fraction of sp³-hybridized carbons (Fsp3) is 0.158. The Morgan fingerprint density at radius 2 is 1.96 bits per heavy atom. The normalized spacial score (nSPS) is 12.7. The van der Waals surface area contributed by atoms with E-state index in [-0.39, 0.29) is 0 Å². The molecular formula is C19H15ClN2O4. The molecule has 0 unspecified atom stereocenters. The zero-order chi connectivity index (χ0) is 17.9. The van der Waals surface area contributed by atoms with Gasteiger partial charge in [0, 0.05) is 17.3 Å². The molecule has 26 heavy (non-hydrogen) atoms. The van der Waals surface area contributed by atoms with Crippen LogP contribution in [0.1, 0.15) is 15.9 Å². The summed E-state index contributed by atoms with van der Waals surface area (Å²) >= 11 is 6.15. The molecule has 0 atom stereocenters. The van der Waals surface area contributed by atoms with Crippen LogP contribution in [0, 0.1) is 0 Å². The number of halogens is 1. The van der Waals surface area contributed by atoms with Gasteiger partial charge in [-0.1, -0.05) is 29.8 Å². The Balaban J connectivity index is 1.46. The van der Waals surface area contributed by atoms with E-state index >= 15 is 0 Å². The predicted octanol–water partition coefficient (Wildman–Crippen LogP) is 3.58. The summed E-state index contributed by atoms with van der Waals surface area (Å²) in [4.78, 5) is 12.3. The number of esters is 1. The van der Waals surface area contributed by atoms with Gasteiger partial charge in [-0.05, 0) is 23.8 Å². The van der Waals surface area contributed by atoms with Crippen LogP contribution in [0.4, 0.5) is 0 Å². The molecule has 6 nitrogen and oxygen atoms in total. The maximum Gasteiger partial charge on any atom is 0.346 e. The monoisotopic (exact) mass is 370 g/mol. The lowest BCUT2D eigenvalue weighted by molar-refractivity contribution is 0.0733. The minimum absolute atomic E-state index is 0.354. The van der Waals surface area contributed by atoms with Crippen LogP contribution in [-0.2, 0) is 6.54 Å². The standard InChI is InChI=1S/C19H15ClN2O4/c20-16-4-2-1-3-13(16)11-22-12-14(10-21-22)19(23)26-15-5-6-17-18(9-15)25-8-7-24-17/h1-6,9-10,12H,7-8,11H2. The van der Waals surface area contributed by atoms with Gasteiger partial charge in [-0.25, -0.2) is 4.79 Å². The molecule has 0 saturated heterocycles. The summed E-state index contributed by atoms with van der Waals surface area (Å²) in [5.41, 5.74) is 1.27. The van der Waals surface area contributed by atoms with Crippen molar-refractivity contribution >= 4 is 17.6 Å². The summed E-state index contributed by atoms with van der Waals surface area (Å²) in [6.07, 6.45) is 3.10. The van der Waals surface area contributed by atoms with E-state index in [1.165, 1.54) is 6.20 Å². The van der Waals surface area contributed by atoms with Crippen LogP contribution < -0.4 is 14.2 Å². The van der Waals surface area contributed by atoms with Gasteiger partial charge in [0.1, 0.15) is 19.0 Å². The maximum atomic E-state index is 12.3. The van der Waals surface area contributed by atoms with Crippen molar-refractivity contribution in [1.82, 2.24) is 9.78 Å². The van der Waals surface area contributed by atoms with Crippen molar-refractivity contribution in [1.29, 1.82) is 0 Å². The van der Waals surface area contributed by atoms with E-state index in [1.54, 1.807) is 29.1 Å². The van der Waals surface area contributed by atoms with Gasteiger partial charge >= 0.3 is 5.97 Å². The van der Waals surface area contributed by atoms with Gasteiger partial charge < -0.3 is 14.2 Å². The Bertz CT molecular complexity index is 954. The predicted molar refractivity (Wildman–Crippen MR) is 95.2 cm³/mol. The molecule has 1 aromatic heterocycles. The fourth-order valence-electron chi connectivity index (χ4n) is 2.61. The molecule has 0 amide bonds. The van der Waals surface area contributed by atoms with Gasteiger partial charge in [0.2, 0.25) is 0 Å². The number of ether oxygens (including phenoxy) is 3. The number of rotatable bonds is 4. The highest BCUT2D eigenvalue weighted by molar-refractivity contribution is 6.31. The number of carbonyl (C=O) groups excluding carboxylic acids is 1. The van der Waals surface area contributed by atoms with E-state index in [4.69, 9.17) is 25.8 Å². The largest absolute Gasteiger partial charge is 0.486 e. The average Bonchev–Trinajstić information content (AvgIpc) is 3.12. The first-order valence-electron chi connectivity index (χ1n) is 8.07. The molecule has 3 aromatic rings. The van der Waals surface area contributed by atoms with Crippen molar-refractivity contribution in [3.63, 3.8) is 0 Å². The molecule has 2 heterocycles. The second-order valence-corrected chi connectivity index (χ2v) is 6.12. The number of benzene rings is 2. The number of nitrogens with zero attached hydrogens (tertiary/aromatic N) is 2. The summed E-state index contributed by atoms with van der Waals surface area (Å²) in [5.74, 6) is 1.10. The summed E-state index contributed by atoms with van der Waals surface area (Å²) in [6, 6.07) is 12.5. The second kappa shape index (κ2) is 7.09. The average molecular weight is 371 g/mol. The minimum Gasteiger partial charge on any atom is -0.486 e. The molecule has 0 aliphatic carbocycles. The van der Waals surface area contributed by atoms with Gasteiger partial charge in [0.05, 0.1) is 18.3 Å². The van der Waals surface area contributed by atoms with E-state index in [0.29, 0.717) is 47.6 Å².